The molecule has 0 radical (unpaired) electrons. The van der Waals surface area contributed by atoms with Crippen molar-refractivity contribution in [1.82, 2.24) is 5.27 Å². The van der Waals surface area contributed by atoms with E-state index >= 15 is 0 Å². The van der Waals surface area contributed by atoms with Crippen molar-refractivity contribution in [2.75, 3.05) is 20.1 Å². The maximum Gasteiger partial charge on any atom is 0.320 e. The van der Waals surface area contributed by atoms with Gasteiger partial charge in [0.1, 0.15) is 0 Å². The second-order valence-electron chi connectivity index (χ2n) is 4.38. The molecule has 0 spiro atoms. The maximum absolute atomic E-state index is 11.1. The Morgan fingerprint density at radius 3 is 2.82 bits per heavy atom. The van der Waals surface area contributed by atoms with E-state index < -0.39 is 5.90 Å². The van der Waals surface area contributed by atoms with Gasteiger partial charge in [-0.05, 0) is 23.6 Å². The van der Waals surface area contributed by atoms with Crippen LogP contribution >= 0.6 is 11.6 Å². The predicted molar refractivity (Wildman–Crippen MR) is 77.8 cm³/mol. The largest absolute Gasteiger partial charge is 0.861 e. The summed E-state index contributed by atoms with van der Waals surface area (Å²) in [4.78, 5) is 3.65. The average molecular weight is 326 g/mol. The summed E-state index contributed by atoms with van der Waals surface area (Å²) in [6.07, 6.45) is 2.26. The monoisotopic (exact) mass is 325 g/mol. The number of alkyl halides is 1. The van der Waals surface area contributed by atoms with Crippen LogP contribution in [0.15, 0.2) is 33.9 Å². The molecule has 7 nitrogen and oxygen atoms in total. The topological polar surface area (TPSA) is 83.8 Å². The summed E-state index contributed by atoms with van der Waals surface area (Å²) >= 11 is 5.37. The standard InChI is InChI=1S/C14H16ClN3O4/c1-20-11-4-3-10(7-12(11)21-2)5-6-18-9-14(22-17-18)16-13(19)8-15/h3-4,7,9H,5-6,8H2,1-2H3. The molecule has 0 N–H and O–H groups in total. The summed E-state index contributed by atoms with van der Waals surface area (Å²) in [7, 11) is 3.19. The zero-order valence-electron chi connectivity index (χ0n) is 12.3. The minimum absolute atomic E-state index is 0.137. The highest BCUT2D eigenvalue weighted by molar-refractivity contribution is 6.26. The first-order valence-electron chi connectivity index (χ1n) is 6.54. The molecule has 0 aliphatic heterocycles. The lowest BCUT2D eigenvalue weighted by Gasteiger charge is -2.08. The third-order valence-electron chi connectivity index (χ3n) is 2.93. The molecule has 0 atom stereocenters. The number of hydrogen-bond acceptors (Lipinski definition) is 6. The number of aromatic nitrogens is 2. The molecule has 8 heteroatoms. The summed E-state index contributed by atoms with van der Waals surface area (Å²) in [5, 5.41) is 14.9. The Labute approximate surface area is 132 Å². The van der Waals surface area contributed by atoms with Gasteiger partial charge in [0.25, 0.3) is 6.20 Å². The quantitative estimate of drug-likeness (QED) is 0.326. The van der Waals surface area contributed by atoms with Crippen LogP contribution in [0.25, 0.3) is 0 Å². The molecule has 1 aromatic carbocycles. The first-order chi connectivity index (χ1) is 10.7. The molecular weight excluding hydrogens is 310 g/mol. The number of rotatable bonds is 7. The second-order valence-corrected chi connectivity index (χ2v) is 4.65. The van der Waals surface area contributed by atoms with Gasteiger partial charge in [0.05, 0.1) is 20.1 Å². The van der Waals surface area contributed by atoms with Crippen LogP contribution in [0.1, 0.15) is 5.56 Å². The van der Waals surface area contributed by atoms with E-state index in [-0.39, 0.29) is 11.8 Å². The van der Waals surface area contributed by atoms with Gasteiger partial charge in [-0.3, -0.25) is 4.52 Å². The average Bonchev–Trinajstić information content (AvgIpc) is 2.99. The van der Waals surface area contributed by atoms with Gasteiger partial charge in [-0.25, -0.2) is 4.99 Å². The van der Waals surface area contributed by atoms with Crippen LogP contribution in [0.3, 0.4) is 0 Å². The van der Waals surface area contributed by atoms with Crippen molar-refractivity contribution in [2.45, 2.75) is 13.0 Å². The lowest BCUT2D eigenvalue weighted by atomic mass is 10.1. The van der Waals surface area contributed by atoms with Crippen molar-refractivity contribution < 1.29 is 23.8 Å². The molecular formula is C14H16ClN3O4. The van der Waals surface area contributed by atoms with Crippen molar-refractivity contribution in [2.24, 2.45) is 4.99 Å². The highest BCUT2D eigenvalue weighted by atomic mass is 35.5. The minimum atomic E-state index is -0.468. The van der Waals surface area contributed by atoms with Crippen LogP contribution in [0.4, 0.5) is 5.88 Å². The molecule has 0 fully saturated rings. The smallest absolute Gasteiger partial charge is 0.320 e. The number of aryl methyl sites for hydroxylation is 2. The number of aliphatic imine (C=N–C) groups is 1. The minimum Gasteiger partial charge on any atom is -0.861 e. The van der Waals surface area contributed by atoms with Gasteiger partial charge in [-0.2, -0.15) is 0 Å². The summed E-state index contributed by atoms with van der Waals surface area (Å²) in [6.45, 7) is 0.573. The molecule has 0 amide bonds. The predicted octanol–water partition coefficient (Wildman–Crippen LogP) is 0.851. The Kier molecular flexibility index (Phi) is 5.60. The number of hydrogen-bond donors (Lipinski definition) is 0. The number of methoxy groups -OCH3 is 2. The number of benzene rings is 1. The molecule has 0 saturated heterocycles. The van der Waals surface area contributed by atoms with Gasteiger partial charge in [0, 0.05) is 6.42 Å². The third-order valence-corrected chi connectivity index (χ3v) is 3.15. The Hall–Kier alpha value is -2.28. The third kappa shape index (κ3) is 4.11. The van der Waals surface area contributed by atoms with Gasteiger partial charge >= 0.3 is 5.88 Å². The van der Waals surface area contributed by atoms with Crippen molar-refractivity contribution >= 4 is 23.4 Å². The number of ether oxygens (including phenoxy) is 2. The van der Waals surface area contributed by atoms with E-state index in [2.05, 4.69) is 10.3 Å². The summed E-state index contributed by atoms with van der Waals surface area (Å²) in [6, 6.07) is 5.70. The Balaban J connectivity index is 2.01. The van der Waals surface area contributed by atoms with Crippen molar-refractivity contribution in [3.8, 4) is 11.5 Å². The Bertz CT molecular complexity index is 657. The molecule has 0 unspecified atom stereocenters. The van der Waals surface area contributed by atoms with Crippen LogP contribution in [0, 0.1) is 0 Å². The molecule has 2 aromatic rings. The Morgan fingerprint density at radius 2 is 2.14 bits per heavy atom. The molecule has 0 saturated carbocycles. The van der Waals surface area contributed by atoms with Crippen molar-refractivity contribution in [1.29, 1.82) is 0 Å². The van der Waals surface area contributed by atoms with Crippen LogP contribution in [-0.4, -0.2) is 31.3 Å². The van der Waals surface area contributed by atoms with Gasteiger partial charge in [-0.1, -0.05) is 10.7 Å². The van der Waals surface area contributed by atoms with E-state index in [0.717, 1.165) is 5.56 Å². The fraction of sp³-hybridized carbons (Fsp3) is 0.357. The Morgan fingerprint density at radius 1 is 1.36 bits per heavy atom. The first kappa shape index (κ1) is 16.1. The van der Waals surface area contributed by atoms with Gasteiger partial charge in [-0.15, -0.1) is 11.6 Å². The number of nitrogens with zero attached hydrogens (tertiary/aromatic N) is 3. The maximum atomic E-state index is 11.1. The molecule has 2 rings (SSSR count). The summed E-state index contributed by atoms with van der Waals surface area (Å²) in [5.74, 6) is 0.837. The fourth-order valence-electron chi connectivity index (χ4n) is 1.86. The van der Waals surface area contributed by atoms with E-state index in [0.29, 0.717) is 24.5 Å². The van der Waals surface area contributed by atoms with Crippen molar-refractivity contribution in [3.63, 3.8) is 0 Å². The van der Waals surface area contributed by atoms with E-state index in [1.54, 1.807) is 25.1 Å². The molecule has 0 aliphatic rings. The van der Waals surface area contributed by atoms with E-state index in [1.807, 2.05) is 18.2 Å². The molecule has 118 valence electrons. The molecule has 1 heterocycles. The van der Waals surface area contributed by atoms with Gasteiger partial charge < -0.3 is 14.6 Å². The van der Waals surface area contributed by atoms with Crippen molar-refractivity contribution in [3.05, 3.63) is 30.0 Å². The lowest BCUT2D eigenvalue weighted by Crippen LogP contribution is -2.35. The van der Waals surface area contributed by atoms with E-state index in [1.165, 1.54) is 0 Å². The molecule has 0 bridgehead atoms. The zero-order chi connectivity index (χ0) is 15.9. The summed E-state index contributed by atoms with van der Waals surface area (Å²) in [5.41, 5.74) is 1.06. The van der Waals surface area contributed by atoms with Gasteiger partial charge in [0.2, 0.25) is 5.27 Å². The normalized spacial score (nSPS) is 11.5. The molecule has 22 heavy (non-hydrogen) atoms. The van der Waals surface area contributed by atoms with Crippen LogP contribution < -0.4 is 19.3 Å². The zero-order valence-corrected chi connectivity index (χ0v) is 13.0. The highest BCUT2D eigenvalue weighted by Crippen LogP contribution is 2.27. The second kappa shape index (κ2) is 7.65. The lowest BCUT2D eigenvalue weighted by molar-refractivity contribution is -0.761. The van der Waals surface area contributed by atoms with E-state index in [9.17, 15) is 5.11 Å². The number of halogens is 1. The first-order valence-corrected chi connectivity index (χ1v) is 7.07. The van der Waals surface area contributed by atoms with Crippen LogP contribution in [0.2, 0.25) is 0 Å². The fourth-order valence-corrected chi connectivity index (χ4v) is 1.92. The van der Waals surface area contributed by atoms with Gasteiger partial charge in [0.15, 0.2) is 18.0 Å². The van der Waals surface area contributed by atoms with Crippen LogP contribution in [0.5, 0.6) is 11.5 Å². The summed E-state index contributed by atoms with van der Waals surface area (Å²) < 4.78 is 16.9. The van der Waals surface area contributed by atoms with E-state index in [4.69, 9.17) is 25.6 Å². The molecule has 1 aromatic heterocycles. The SMILES string of the molecule is COc1ccc(CC[n+]2cc(/N=C(\[O-])CCl)on2)cc1OC. The highest BCUT2D eigenvalue weighted by Gasteiger charge is 2.12. The molecule has 0 aliphatic carbocycles. The van der Waals surface area contributed by atoms with Crippen LogP contribution in [-0.2, 0) is 13.0 Å².